The highest BCUT2D eigenvalue weighted by Crippen LogP contribution is 2.25. The quantitative estimate of drug-likeness (QED) is 0.436. The molecule has 2 N–H and O–H groups in total. The van der Waals surface area contributed by atoms with Crippen molar-refractivity contribution in [3.8, 4) is 0 Å². The summed E-state index contributed by atoms with van der Waals surface area (Å²) in [5.41, 5.74) is 2.05. The molecule has 0 spiro atoms. The van der Waals surface area contributed by atoms with Crippen LogP contribution in [0.2, 0.25) is 5.02 Å². The third kappa shape index (κ3) is 6.07. The minimum absolute atomic E-state index is 0.0462. The van der Waals surface area contributed by atoms with Gasteiger partial charge in [-0.25, -0.2) is 13.1 Å². The number of rotatable bonds is 9. The summed E-state index contributed by atoms with van der Waals surface area (Å²) >= 11 is 6.09. The Morgan fingerprint density at radius 1 is 0.939 bits per heavy atom. The van der Waals surface area contributed by atoms with Crippen molar-refractivity contribution >= 4 is 39.0 Å². The molecule has 1 saturated carbocycles. The highest BCUT2D eigenvalue weighted by Gasteiger charge is 2.27. The largest absolute Gasteiger partial charge is 0.325 e. The number of amides is 1. The van der Waals surface area contributed by atoms with Crippen LogP contribution >= 0.6 is 11.6 Å². The number of carbonyl (C=O) groups is 2. The van der Waals surface area contributed by atoms with Gasteiger partial charge in [-0.15, -0.1) is 0 Å². The van der Waals surface area contributed by atoms with Crippen LogP contribution in [0.5, 0.6) is 0 Å². The van der Waals surface area contributed by atoms with Crippen molar-refractivity contribution in [3.05, 3.63) is 94.5 Å². The standard InChI is InChI=1S/C25H23ClN2O4S/c26-19-9-14-23(22(16-19)25(30)18-4-2-1-3-5-18)27-24(29)15-8-17-6-12-21(13-7-17)33(31,32)28-20-10-11-20/h1-7,9,12-14,16,20,28H,8,10-11,15H2,(H,27,29). The van der Waals surface area contributed by atoms with Crippen molar-refractivity contribution in [1.82, 2.24) is 4.72 Å². The number of aryl methyl sites for hydroxylation is 1. The van der Waals surface area contributed by atoms with Crippen LogP contribution in [0, 0.1) is 0 Å². The van der Waals surface area contributed by atoms with E-state index in [1.165, 1.54) is 0 Å². The van der Waals surface area contributed by atoms with Gasteiger partial charge in [0.1, 0.15) is 0 Å². The molecule has 8 heteroatoms. The van der Waals surface area contributed by atoms with E-state index in [-0.39, 0.29) is 29.0 Å². The molecule has 0 saturated heterocycles. The van der Waals surface area contributed by atoms with Gasteiger partial charge in [-0.2, -0.15) is 0 Å². The maximum atomic E-state index is 12.9. The molecule has 33 heavy (non-hydrogen) atoms. The second-order valence-electron chi connectivity index (χ2n) is 7.97. The fourth-order valence-electron chi connectivity index (χ4n) is 3.35. The van der Waals surface area contributed by atoms with Crippen molar-refractivity contribution in [3.63, 3.8) is 0 Å². The molecule has 170 valence electrons. The summed E-state index contributed by atoms with van der Waals surface area (Å²) in [7, 11) is -3.50. The number of hydrogen-bond acceptors (Lipinski definition) is 4. The van der Waals surface area contributed by atoms with Gasteiger partial charge in [-0.1, -0.05) is 54.1 Å². The smallest absolute Gasteiger partial charge is 0.240 e. The first-order chi connectivity index (χ1) is 15.8. The highest BCUT2D eigenvalue weighted by molar-refractivity contribution is 7.89. The first-order valence-electron chi connectivity index (χ1n) is 10.6. The number of halogens is 1. The van der Waals surface area contributed by atoms with E-state index in [0.29, 0.717) is 28.3 Å². The average molecular weight is 483 g/mol. The molecule has 1 amide bonds. The van der Waals surface area contributed by atoms with Crippen LogP contribution in [0.4, 0.5) is 5.69 Å². The van der Waals surface area contributed by atoms with E-state index in [4.69, 9.17) is 11.6 Å². The number of carbonyl (C=O) groups excluding carboxylic acids is 2. The number of benzene rings is 3. The predicted octanol–water partition coefficient (Wildman–Crippen LogP) is 4.58. The Balaban J connectivity index is 1.40. The zero-order chi connectivity index (χ0) is 23.4. The third-order valence-corrected chi connectivity index (χ3v) is 7.08. The van der Waals surface area contributed by atoms with Gasteiger partial charge in [-0.3, -0.25) is 9.59 Å². The Morgan fingerprint density at radius 2 is 1.64 bits per heavy atom. The molecule has 0 heterocycles. The van der Waals surface area contributed by atoms with Gasteiger partial charge < -0.3 is 5.32 Å². The molecule has 0 aromatic heterocycles. The van der Waals surface area contributed by atoms with Crippen molar-refractivity contribution in [2.45, 2.75) is 36.6 Å². The van der Waals surface area contributed by atoms with E-state index in [2.05, 4.69) is 10.0 Å². The minimum atomic E-state index is -3.50. The highest BCUT2D eigenvalue weighted by atomic mass is 35.5. The van der Waals surface area contributed by atoms with Crippen LogP contribution < -0.4 is 10.0 Å². The normalized spacial score (nSPS) is 13.5. The van der Waals surface area contributed by atoms with E-state index >= 15 is 0 Å². The Labute approximate surface area is 198 Å². The average Bonchev–Trinajstić information content (AvgIpc) is 3.62. The molecule has 0 aliphatic heterocycles. The second-order valence-corrected chi connectivity index (χ2v) is 10.1. The lowest BCUT2D eigenvalue weighted by Crippen LogP contribution is -2.25. The van der Waals surface area contributed by atoms with Crippen molar-refractivity contribution < 1.29 is 18.0 Å². The summed E-state index contributed by atoms with van der Waals surface area (Å²) in [6.45, 7) is 0. The van der Waals surface area contributed by atoms with Crippen LogP contribution in [-0.2, 0) is 21.2 Å². The van der Waals surface area contributed by atoms with E-state index in [1.807, 2.05) is 6.07 Å². The molecule has 0 radical (unpaired) electrons. The molecule has 3 aromatic carbocycles. The lowest BCUT2D eigenvalue weighted by Gasteiger charge is -2.11. The molecule has 0 atom stereocenters. The van der Waals surface area contributed by atoms with Gasteiger partial charge in [0, 0.05) is 28.6 Å². The Kier molecular flexibility index (Phi) is 6.93. The summed E-state index contributed by atoms with van der Waals surface area (Å²) in [6, 6.07) is 20.1. The number of hydrogen-bond donors (Lipinski definition) is 2. The molecule has 1 aliphatic carbocycles. The van der Waals surface area contributed by atoms with Crippen LogP contribution in [0.3, 0.4) is 0 Å². The van der Waals surface area contributed by atoms with Crippen molar-refractivity contribution in [2.24, 2.45) is 0 Å². The fraction of sp³-hybridized carbons (Fsp3) is 0.200. The molecule has 0 unspecified atom stereocenters. The van der Waals surface area contributed by atoms with Gasteiger partial charge in [0.25, 0.3) is 0 Å². The maximum Gasteiger partial charge on any atom is 0.240 e. The summed E-state index contributed by atoms with van der Waals surface area (Å²) in [6.07, 6.45) is 2.35. The van der Waals surface area contributed by atoms with Gasteiger partial charge in [0.15, 0.2) is 5.78 Å². The zero-order valence-electron chi connectivity index (χ0n) is 17.8. The Bertz CT molecular complexity index is 1270. The van der Waals surface area contributed by atoms with Gasteiger partial charge in [0.05, 0.1) is 10.6 Å². The molecule has 1 aliphatic rings. The number of nitrogens with one attached hydrogen (secondary N) is 2. The van der Waals surface area contributed by atoms with Crippen LogP contribution in [0.1, 0.15) is 40.7 Å². The van der Waals surface area contributed by atoms with Crippen molar-refractivity contribution in [2.75, 3.05) is 5.32 Å². The number of ketones is 1. The van der Waals surface area contributed by atoms with Gasteiger partial charge in [-0.05, 0) is 55.2 Å². The molecule has 4 rings (SSSR count). The number of anilines is 1. The second kappa shape index (κ2) is 9.87. The lowest BCUT2D eigenvalue weighted by molar-refractivity contribution is -0.116. The lowest BCUT2D eigenvalue weighted by atomic mass is 10.0. The molecule has 1 fully saturated rings. The summed E-state index contributed by atoms with van der Waals surface area (Å²) in [4.78, 5) is 25.7. The van der Waals surface area contributed by atoms with Crippen LogP contribution in [0.15, 0.2) is 77.7 Å². The molecule has 6 nitrogen and oxygen atoms in total. The van der Waals surface area contributed by atoms with Crippen molar-refractivity contribution in [1.29, 1.82) is 0 Å². The molecular weight excluding hydrogens is 460 g/mol. The van der Waals surface area contributed by atoms with Crippen LogP contribution in [-0.4, -0.2) is 26.2 Å². The topological polar surface area (TPSA) is 92.3 Å². The summed E-state index contributed by atoms with van der Waals surface area (Å²) in [5, 5.41) is 3.20. The Morgan fingerprint density at radius 3 is 2.30 bits per heavy atom. The monoisotopic (exact) mass is 482 g/mol. The van der Waals surface area contributed by atoms with Gasteiger partial charge in [0.2, 0.25) is 15.9 Å². The predicted molar refractivity (Wildman–Crippen MR) is 128 cm³/mol. The molecule has 3 aromatic rings. The molecular formula is C25H23ClN2O4S. The zero-order valence-corrected chi connectivity index (χ0v) is 19.3. The molecule has 0 bridgehead atoms. The Hall–Kier alpha value is -3.00. The first kappa shape index (κ1) is 23.2. The summed E-state index contributed by atoms with van der Waals surface area (Å²) < 4.78 is 27.2. The maximum absolute atomic E-state index is 12.9. The van der Waals surface area contributed by atoms with E-state index < -0.39 is 10.0 Å². The van der Waals surface area contributed by atoms with Gasteiger partial charge >= 0.3 is 0 Å². The van der Waals surface area contributed by atoms with E-state index in [9.17, 15) is 18.0 Å². The first-order valence-corrected chi connectivity index (χ1v) is 12.5. The fourth-order valence-corrected chi connectivity index (χ4v) is 4.83. The third-order valence-electron chi connectivity index (χ3n) is 5.31. The van der Waals surface area contributed by atoms with Crippen LogP contribution in [0.25, 0.3) is 0 Å². The SMILES string of the molecule is O=C(CCc1ccc(S(=O)(=O)NC2CC2)cc1)Nc1ccc(Cl)cc1C(=O)c1ccccc1. The summed E-state index contributed by atoms with van der Waals surface area (Å²) in [5.74, 6) is -0.489. The number of sulfonamides is 1. The van der Waals surface area contributed by atoms with E-state index in [1.54, 1.807) is 66.7 Å². The van der Waals surface area contributed by atoms with E-state index in [0.717, 1.165) is 18.4 Å². The minimum Gasteiger partial charge on any atom is -0.325 e.